The van der Waals surface area contributed by atoms with Gasteiger partial charge in [-0.3, -0.25) is 9.69 Å². The summed E-state index contributed by atoms with van der Waals surface area (Å²) in [6.07, 6.45) is 6.73. The van der Waals surface area contributed by atoms with Gasteiger partial charge in [-0.05, 0) is 61.3 Å². The summed E-state index contributed by atoms with van der Waals surface area (Å²) < 4.78 is 19.2. The van der Waals surface area contributed by atoms with Crippen LogP contribution >= 0.6 is 0 Å². The van der Waals surface area contributed by atoms with Gasteiger partial charge in [0.2, 0.25) is 0 Å². The number of nitrogens with one attached hydrogen (secondary N) is 1. The van der Waals surface area contributed by atoms with Crippen LogP contribution in [0.25, 0.3) is 10.9 Å². The van der Waals surface area contributed by atoms with Crippen molar-refractivity contribution in [2.75, 3.05) is 32.9 Å². The maximum absolute atomic E-state index is 13.5. The minimum Gasteiger partial charge on any atom is -0.486 e. The normalized spacial score (nSPS) is 22.1. The van der Waals surface area contributed by atoms with Crippen molar-refractivity contribution >= 4 is 10.9 Å². The number of aromatic amines is 1. The molecule has 3 aliphatic heterocycles. The van der Waals surface area contributed by atoms with E-state index in [1.165, 1.54) is 12.8 Å². The smallest absolute Gasteiger partial charge is 0.253 e. The number of likely N-dealkylation sites (tertiary alicyclic amines) is 1. The largest absolute Gasteiger partial charge is 0.486 e. The van der Waals surface area contributed by atoms with Crippen LogP contribution in [0.3, 0.4) is 0 Å². The van der Waals surface area contributed by atoms with Gasteiger partial charge >= 0.3 is 0 Å². The number of nitrogens with zero attached hydrogens (tertiary/aromatic N) is 5. The summed E-state index contributed by atoms with van der Waals surface area (Å²) in [5, 5.41) is 13.6. The summed E-state index contributed by atoms with van der Waals surface area (Å²) in [5.41, 5.74) is 1.24. The summed E-state index contributed by atoms with van der Waals surface area (Å²) in [5.74, 6) is 2.05. The third kappa shape index (κ3) is 4.16. The first kappa shape index (κ1) is 21.5. The van der Waals surface area contributed by atoms with Gasteiger partial charge in [0.15, 0.2) is 17.3 Å². The van der Waals surface area contributed by atoms with Crippen molar-refractivity contribution in [3.8, 4) is 11.5 Å². The fraction of sp³-hybridized carbons (Fsp3) is 0.583. The van der Waals surface area contributed by atoms with Gasteiger partial charge in [0.25, 0.3) is 5.56 Å². The zero-order valence-corrected chi connectivity index (χ0v) is 19.2. The number of pyridine rings is 1. The Morgan fingerprint density at radius 2 is 1.79 bits per heavy atom. The van der Waals surface area contributed by atoms with E-state index >= 15 is 0 Å². The standard InChI is InChI=1S/C24H30N6O4/c31-24-18(12-16-13-20-21(14-19(16)25-24)34-11-10-33-20)22(29-7-3-1-2-4-8-29)23-26-27-28-30(23)15-17-6-5-9-32-17/h12-14,17,22H,1-11,15H2,(H,25,31)/t17-,22-/m1/s1. The Bertz CT molecular complexity index is 1210. The van der Waals surface area contributed by atoms with E-state index in [9.17, 15) is 4.79 Å². The summed E-state index contributed by atoms with van der Waals surface area (Å²) in [4.78, 5) is 18.9. The Balaban J connectivity index is 1.44. The molecule has 5 heterocycles. The maximum Gasteiger partial charge on any atom is 0.253 e. The lowest BCUT2D eigenvalue weighted by atomic mass is 10.0. The van der Waals surface area contributed by atoms with Crippen LogP contribution in [0.15, 0.2) is 23.0 Å². The number of hydrogen-bond acceptors (Lipinski definition) is 8. The van der Waals surface area contributed by atoms with Crippen molar-refractivity contribution < 1.29 is 14.2 Å². The number of tetrazole rings is 1. The Kier molecular flexibility index (Phi) is 5.92. The molecule has 180 valence electrons. The molecule has 1 N–H and O–H groups in total. The van der Waals surface area contributed by atoms with E-state index in [0.29, 0.717) is 42.6 Å². The van der Waals surface area contributed by atoms with Crippen molar-refractivity contribution in [2.24, 2.45) is 0 Å². The molecule has 0 unspecified atom stereocenters. The molecule has 1 aromatic carbocycles. The van der Waals surface area contributed by atoms with Gasteiger partial charge in [-0.2, -0.15) is 0 Å². The number of aromatic nitrogens is 5. The number of ether oxygens (including phenoxy) is 3. The van der Waals surface area contributed by atoms with Crippen molar-refractivity contribution in [3.05, 3.63) is 39.9 Å². The fourth-order valence-electron chi connectivity index (χ4n) is 5.33. The van der Waals surface area contributed by atoms with Gasteiger partial charge in [0, 0.05) is 23.6 Å². The van der Waals surface area contributed by atoms with Crippen molar-refractivity contribution in [1.29, 1.82) is 0 Å². The fourth-order valence-corrected chi connectivity index (χ4v) is 5.33. The lowest BCUT2D eigenvalue weighted by Gasteiger charge is -2.30. The van der Waals surface area contributed by atoms with E-state index in [1.807, 2.05) is 22.9 Å². The van der Waals surface area contributed by atoms with Crippen LogP contribution in [0.5, 0.6) is 11.5 Å². The molecule has 2 aromatic heterocycles. The molecule has 10 nitrogen and oxygen atoms in total. The minimum atomic E-state index is -0.337. The highest BCUT2D eigenvalue weighted by Crippen LogP contribution is 2.35. The number of H-pyrrole nitrogens is 1. The summed E-state index contributed by atoms with van der Waals surface area (Å²) in [7, 11) is 0. The van der Waals surface area contributed by atoms with E-state index in [-0.39, 0.29) is 17.7 Å². The zero-order valence-electron chi connectivity index (χ0n) is 19.2. The first-order chi connectivity index (χ1) is 16.8. The average Bonchev–Trinajstić information content (AvgIpc) is 3.45. The molecule has 0 saturated carbocycles. The van der Waals surface area contributed by atoms with E-state index in [4.69, 9.17) is 14.2 Å². The molecular weight excluding hydrogens is 436 g/mol. The molecule has 0 aliphatic carbocycles. The van der Waals surface area contributed by atoms with E-state index in [1.54, 1.807) is 0 Å². The molecule has 6 rings (SSSR count). The van der Waals surface area contributed by atoms with Crippen LogP contribution in [0, 0.1) is 0 Å². The van der Waals surface area contributed by atoms with E-state index in [0.717, 1.165) is 56.3 Å². The lowest BCUT2D eigenvalue weighted by molar-refractivity contribution is 0.0909. The molecule has 2 fully saturated rings. The molecular formula is C24H30N6O4. The quantitative estimate of drug-likeness (QED) is 0.611. The second kappa shape index (κ2) is 9.34. The monoisotopic (exact) mass is 466 g/mol. The van der Waals surface area contributed by atoms with E-state index < -0.39 is 0 Å². The number of benzene rings is 1. The molecule has 0 spiro atoms. The highest BCUT2D eigenvalue weighted by atomic mass is 16.6. The lowest BCUT2D eigenvalue weighted by Crippen LogP contribution is -2.36. The predicted octanol–water partition coefficient (Wildman–Crippen LogP) is 2.43. The van der Waals surface area contributed by atoms with Gasteiger partial charge in [-0.25, -0.2) is 4.68 Å². The molecule has 10 heteroatoms. The molecule has 2 saturated heterocycles. The van der Waals surface area contributed by atoms with Gasteiger partial charge in [0.1, 0.15) is 19.3 Å². The van der Waals surface area contributed by atoms with Crippen LogP contribution in [-0.4, -0.2) is 69.1 Å². The maximum atomic E-state index is 13.5. The molecule has 0 bridgehead atoms. The Hall–Kier alpha value is -2.98. The summed E-state index contributed by atoms with van der Waals surface area (Å²) in [6, 6.07) is 5.42. The number of hydrogen-bond donors (Lipinski definition) is 1. The Morgan fingerprint density at radius 3 is 2.56 bits per heavy atom. The van der Waals surface area contributed by atoms with Crippen molar-refractivity contribution in [2.45, 2.75) is 57.2 Å². The Morgan fingerprint density at radius 1 is 1.00 bits per heavy atom. The highest BCUT2D eigenvalue weighted by molar-refractivity contribution is 5.83. The van der Waals surface area contributed by atoms with Gasteiger partial charge < -0.3 is 19.2 Å². The van der Waals surface area contributed by atoms with Gasteiger partial charge in [-0.1, -0.05) is 12.8 Å². The van der Waals surface area contributed by atoms with Crippen molar-refractivity contribution in [1.82, 2.24) is 30.1 Å². The van der Waals surface area contributed by atoms with Crippen LogP contribution in [0.1, 0.15) is 56.0 Å². The second-order valence-corrected chi connectivity index (χ2v) is 9.34. The topological polar surface area (TPSA) is 107 Å². The van der Waals surface area contributed by atoms with Gasteiger partial charge in [-0.15, -0.1) is 5.10 Å². The summed E-state index contributed by atoms with van der Waals surface area (Å²) in [6.45, 7) is 4.19. The molecule has 3 aromatic rings. The average molecular weight is 467 g/mol. The molecule has 0 amide bonds. The third-order valence-electron chi connectivity index (χ3n) is 7.04. The number of rotatable bonds is 5. The first-order valence-electron chi connectivity index (χ1n) is 12.3. The third-order valence-corrected chi connectivity index (χ3v) is 7.04. The first-order valence-corrected chi connectivity index (χ1v) is 12.3. The highest BCUT2D eigenvalue weighted by Gasteiger charge is 2.32. The second-order valence-electron chi connectivity index (χ2n) is 9.34. The number of fused-ring (bicyclic) bond motifs is 2. The zero-order chi connectivity index (χ0) is 22.9. The van der Waals surface area contributed by atoms with Crippen LogP contribution < -0.4 is 15.0 Å². The minimum absolute atomic E-state index is 0.102. The van der Waals surface area contributed by atoms with Crippen LogP contribution in [0.4, 0.5) is 0 Å². The SMILES string of the molecule is O=c1[nH]c2cc3c(cc2cc1[C@H](c1nnnn1C[C@H]1CCCO1)N1CCCCCC1)OCCO3. The molecule has 0 radical (unpaired) electrons. The predicted molar refractivity (Wildman–Crippen MR) is 124 cm³/mol. The van der Waals surface area contributed by atoms with E-state index in [2.05, 4.69) is 25.4 Å². The summed E-state index contributed by atoms with van der Waals surface area (Å²) >= 11 is 0. The molecule has 34 heavy (non-hydrogen) atoms. The van der Waals surface area contributed by atoms with Gasteiger partial charge in [0.05, 0.1) is 18.2 Å². The molecule has 3 aliphatic rings. The van der Waals surface area contributed by atoms with Crippen LogP contribution in [-0.2, 0) is 11.3 Å². The Labute approximate surface area is 197 Å². The van der Waals surface area contributed by atoms with Crippen LogP contribution in [0.2, 0.25) is 0 Å². The van der Waals surface area contributed by atoms with Crippen molar-refractivity contribution in [3.63, 3.8) is 0 Å². The molecule has 2 atom stereocenters.